The second-order valence-electron chi connectivity index (χ2n) is 4.07. The lowest BCUT2D eigenvalue weighted by Gasteiger charge is -2.05. The summed E-state index contributed by atoms with van der Waals surface area (Å²) in [5.41, 5.74) is 0.926. The average Bonchev–Trinajstić information content (AvgIpc) is 2.70. The highest BCUT2D eigenvalue weighted by Gasteiger charge is 2.25. The number of nitrogens with one attached hydrogen (secondary N) is 1. The molecule has 14 heavy (non-hydrogen) atoms. The summed E-state index contributed by atoms with van der Waals surface area (Å²) in [6.45, 7) is 4.78. The van der Waals surface area contributed by atoms with Gasteiger partial charge in [-0.1, -0.05) is 5.21 Å². The summed E-state index contributed by atoms with van der Waals surface area (Å²) < 4.78 is 1.84. The van der Waals surface area contributed by atoms with E-state index in [1.54, 1.807) is 0 Å². The predicted molar refractivity (Wildman–Crippen MR) is 51.8 cm³/mol. The van der Waals surface area contributed by atoms with Crippen LogP contribution < -0.4 is 5.32 Å². The molecule has 1 aliphatic rings. The van der Waals surface area contributed by atoms with Crippen molar-refractivity contribution in [3.8, 4) is 0 Å². The average molecular weight is 196 g/mol. The second-order valence-corrected chi connectivity index (χ2v) is 4.07. The first-order valence-electron chi connectivity index (χ1n) is 5.00. The Morgan fingerprint density at radius 3 is 2.93 bits per heavy atom. The number of aliphatic hydroxyl groups is 1. The molecule has 2 heterocycles. The number of rotatable bonds is 2. The third kappa shape index (κ3) is 1.78. The minimum atomic E-state index is -0.246. The molecule has 0 spiro atoms. The molecule has 0 amide bonds. The zero-order valence-corrected chi connectivity index (χ0v) is 8.51. The summed E-state index contributed by atoms with van der Waals surface area (Å²) in [6, 6.07) is 0.500. The van der Waals surface area contributed by atoms with Crippen LogP contribution in [0.1, 0.15) is 38.0 Å². The van der Waals surface area contributed by atoms with Crippen molar-refractivity contribution in [2.24, 2.45) is 0 Å². The molecule has 0 saturated carbocycles. The van der Waals surface area contributed by atoms with Gasteiger partial charge in [-0.15, -0.1) is 5.10 Å². The van der Waals surface area contributed by atoms with Crippen molar-refractivity contribution in [3.05, 3.63) is 11.9 Å². The molecule has 1 fully saturated rings. The number of β-amino-alcohol motifs (C(OH)–C–C–N with tert-alkyl or cyclic N) is 1. The Morgan fingerprint density at radius 1 is 1.64 bits per heavy atom. The molecule has 2 rings (SSSR count). The van der Waals surface area contributed by atoms with Gasteiger partial charge in [0.15, 0.2) is 0 Å². The number of aromatic nitrogens is 3. The van der Waals surface area contributed by atoms with Crippen LogP contribution in [0.15, 0.2) is 6.20 Å². The lowest BCUT2D eigenvalue weighted by Crippen LogP contribution is -2.15. The smallest absolute Gasteiger partial charge is 0.0997 e. The SMILES string of the molecule is CC(C)n1cc(C2CC(O)CN2)nn1. The van der Waals surface area contributed by atoms with Gasteiger partial charge in [0.2, 0.25) is 0 Å². The monoisotopic (exact) mass is 196 g/mol. The zero-order valence-electron chi connectivity index (χ0n) is 8.51. The van der Waals surface area contributed by atoms with Gasteiger partial charge in [0.05, 0.1) is 24.0 Å². The third-order valence-electron chi connectivity index (χ3n) is 2.52. The highest BCUT2D eigenvalue weighted by atomic mass is 16.3. The van der Waals surface area contributed by atoms with Crippen LogP contribution in [0, 0.1) is 0 Å². The van der Waals surface area contributed by atoms with E-state index in [1.807, 2.05) is 10.9 Å². The summed E-state index contributed by atoms with van der Waals surface area (Å²) in [4.78, 5) is 0. The second kappa shape index (κ2) is 3.67. The molecular weight excluding hydrogens is 180 g/mol. The maximum absolute atomic E-state index is 9.36. The van der Waals surface area contributed by atoms with Gasteiger partial charge in [-0.05, 0) is 20.3 Å². The molecule has 2 atom stereocenters. The highest BCUT2D eigenvalue weighted by Crippen LogP contribution is 2.21. The third-order valence-corrected chi connectivity index (χ3v) is 2.52. The van der Waals surface area contributed by atoms with Gasteiger partial charge in [-0.25, -0.2) is 4.68 Å². The van der Waals surface area contributed by atoms with E-state index < -0.39 is 0 Å². The summed E-state index contributed by atoms with van der Waals surface area (Å²) in [5.74, 6) is 0. The van der Waals surface area contributed by atoms with Crippen LogP contribution >= 0.6 is 0 Å². The number of hydrogen-bond donors (Lipinski definition) is 2. The fourth-order valence-corrected chi connectivity index (χ4v) is 1.64. The lowest BCUT2D eigenvalue weighted by atomic mass is 10.1. The standard InChI is InChI=1S/C9H16N4O/c1-6(2)13-5-9(11-12-13)8-3-7(14)4-10-8/h5-8,10,14H,3-4H2,1-2H3. The first-order chi connectivity index (χ1) is 6.66. The van der Waals surface area contributed by atoms with E-state index in [4.69, 9.17) is 0 Å². The first kappa shape index (κ1) is 9.61. The van der Waals surface area contributed by atoms with Crippen molar-refractivity contribution in [1.29, 1.82) is 0 Å². The van der Waals surface area contributed by atoms with Crippen LogP contribution in [0.2, 0.25) is 0 Å². The van der Waals surface area contributed by atoms with Gasteiger partial charge in [0, 0.05) is 12.6 Å². The molecule has 0 aliphatic carbocycles. The molecular formula is C9H16N4O. The quantitative estimate of drug-likeness (QED) is 0.712. The predicted octanol–water partition coefficient (Wildman–Crippen LogP) is 0.254. The van der Waals surface area contributed by atoms with E-state index >= 15 is 0 Å². The summed E-state index contributed by atoms with van der Waals surface area (Å²) in [6.07, 6.45) is 2.43. The van der Waals surface area contributed by atoms with Gasteiger partial charge in [-0.3, -0.25) is 0 Å². The van der Waals surface area contributed by atoms with Crippen molar-refractivity contribution in [3.63, 3.8) is 0 Å². The van der Waals surface area contributed by atoms with Crippen LogP contribution in [-0.4, -0.2) is 32.7 Å². The van der Waals surface area contributed by atoms with Crippen LogP contribution in [0.25, 0.3) is 0 Å². The van der Waals surface area contributed by atoms with Crippen molar-refractivity contribution in [2.45, 2.75) is 38.5 Å². The van der Waals surface area contributed by atoms with E-state index in [0.29, 0.717) is 12.6 Å². The fraction of sp³-hybridized carbons (Fsp3) is 0.778. The summed E-state index contributed by atoms with van der Waals surface area (Å²) in [7, 11) is 0. The summed E-state index contributed by atoms with van der Waals surface area (Å²) in [5, 5.41) is 20.7. The van der Waals surface area contributed by atoms with Crippen molar-refractivity contribution in [1.82, 2.24) is 20.3 Å². The molecule has 2 unspecified atom stereocenters. The fourth-order valence-electron chi connectivity index (χ4n) is 1.64. The minimum absolute atomic E-state index is 0.164. The highest BCUT2D eigenvalue weighted by molar-refractivity contribution is 5.04. The van der Waals surface area contributed by atoms with E-state index in [1.165, 1.54) is 0 Å². The zero-order chi connectivity index (χ0) is 10.1. The van der Waals surface area contributed by atoms with E-state index in [9.17, 15) is 5.11 Å². The molecule has 1 aromatic heterocycles. The lowest BCUT2D eigenvalue weighted by molar-refractivity contribution is 0.193. The van der Waals surface area contributed by atoms with Gasteiger partial charge < -0.3 is 10.4 Å². The molecule has 5 heteroatoms. The molecule has 1 saturated heterocycles. The van der Waals surface area contributed by atoms with Gasteiger partial charge in [-0.2, -0.15) is 0 Å². The largest absolute Gasteiger partial charge is 0.392 e. The Kier molecular flexibility index (Phi) is 2.52. The van der Waals surface area contributed by atoms with Crippen molar-refractivity contribution in [2.75, 3.05) is 6.54 Å². The summed E-state index contributed by atoms with van der Waals surface area (Å²) >= 11 is 0. The van der Waals surface area contributed by atoms with Crippen molar-refractivity contribution >= 4 is 0 Å². The van der Waals surface area contributed by atoms with E-state index in [0.717, 1.165) is 12.1 Å². The molecule has 0 radical (unpaired) electrons. The Balaban J connectivity index is 2.09. The molecule has 1 aliphatic heterocycles. The maximum Gasteiger partial charge on any atom is 0.0997 e. The minimum Gasteiger partial charge on any atom is -0.392 e. The molecule has 0 bridgehead atoms. The normalized spacial score (nSPS) is 27.4. The maximum atomic E-state index is 9.36. The number of hydrogen-bond acceptors (Lipinski definition) is 4. The molecule has 78 valence electrons. The first-order valence-corrected chi connectivity index (χ1v) is 5.00. The topological polar surface area (TPSA) is 63.0 Å². The van der Waals surface area contributed by atoms with Crippen LogP contribution in [0.4, 0.5) is 0 Å². The number of aliphatic hydroxyl groups excluding tert-OH is 1. The van der Waals surface area contributed by atoms with Crippen molar-refractivity contribution < 1.29 is 5.11 Å². The Bertz CT molecular complexity index is 310. The Hall–Kier alpha value is -0.940. The Morgan fingerprint density at radius 2 is 2.43 bits per heavy atom. The van der Waals surface area contributed by atoms with Crippen LogP contribution in [-0.2, 0) is 0 Å². The van der Waals surface area contributed by atoms with Gasteiger partial charge in [0.1, 0.15) is 0 Å². The van der Waals surface area contributed by atoms with Crippen LogP contribution in [0.3, 0.4) is 0 Å². The number of nitrogens with zero attached hydrogens (tertiary/aromatic N) is 3. The molecule has 2 N–H and O–H groups in total. The van der Waals surface area contributed by atoms with Crippen LogP contribution in [0.5, 0.6) is 0 Å². The van der Waals surface area contributed by atoms with Gasteiger partial charge >= 0.3 is 0 Å². The van der Waals surface area contributed by atoms with E-state index in [-0.39, 0.29) is 12.1 Å². The van der Waals surface area contributed by atoms with Gasteiger partial charge in [0.25, 0.3) is 0 Å². The Labute approximate surface area is 83.1 Å². The molecule has 1 aromatic rings. The van der Waals surface area contributed by atoms with E-state index in [2.05, 4.69) is 29.5 Å². The molecule has 5 nitrogen and oxygen atoms in total. The molecule has 0 aromatic carbocycles.